The Labute approximate surface area is 162 Å². The van der Waals surface area contributed by atoms with Gasteiger partial charge in [-0.3, -0.25) is 19.3 Å². The first kappa shape index (κ1) is 18.1. The molecule has 0 unspecified atom stereocenters. The molecule has 4 rings (SSSR count). The molecule has 0 bridgehead atoms. The van der Waals surface area contributed by atoms with E-state index in [2.05, 4.69) is 20.2 Å². The summed E-state index contributed by atoms with van der Waals surface area (Å²) in [6, 6.07) is 6.76. The van der Waals surface area contributed by atoms with E-state index >= 15 is 0 Å². The van der Waals surface area contributed by atoms with Crippen molar-refractivity contribution < 1.29 is 14.4 Å². The Balaban J connectivity index is 1.26. The molecular weight excluding hydrogens is 358 g/mol. The second-order valence-electron chi connectivity index (χ2n) is 6.93. The lowest BCUT2D eigenvalue weighted by Crippen LogP contribution is -2.31. The van der Waals surface area contributed by atoms with Crippen molar-refractivity contribution >= 4 is 29.4 Å². The number of imide groups is 1. The number of carbonyl (C=O) groups excluding carboxylic acids is 3. The van der Waals surface area contributed by atoms with Gasteiger partial charge in [-0.1, -0.05) is 12.1 Å². The molecule has 2 aromatic rings. The molecule has 0 spiro atoms. The van der Waals surface area contributed by atoms with Crippen molar-refractivity contribution in [3.8, 4) is 0 Å². The number of amides is 3. The maximum Gasteiger partial charge on any atom is 0.261 e. The Morgan fingerprint density at radius 2 is 1.61 bits per heavy atom. The predicted octanol–water partition coefficient (Wildman–Crippen LogP) is 2.09. The van der Waals surface area contributed by atoms with Gasteiger partial charge in [0.25, 0.3) is 11.8 Å². The van der Waals surface area contributed by atoms with Crippen molar-refractivity contribution in [2.24, 2.45) is 0 Å². The van der Waals surface area contributed by atoms with E-state index in [0.717, 1.165) is 25.9 Å². The van der Waals surface area contributed by atoms with Crippen LogP contribution in [0.5, 0.6) is 0 Å². The Bertz CT molecular complexity index is 871. The molecule has 1 saturated heterocycles. The van der Waals surface area contributed by atoms with Crippen LogP contribution in [0.25, 0.3) is 0 Å². The molecule has 3 amide bonds. The van der Waals surface area contributed by atoms with E-state index in [4.69, 9.17) is 0 Å². The summed E-state index contributed by atoms with van der Waals surface area (Å²) in [6.07, 6.45) is 6.08. The van der Waals surface area contributed by atoms with Crippen molar-refractivity contribution in [3.63, 3.8) is 0 Å². The lowest BCUT2D eigenvalue weighted by atomic mass is 10.1. The lowest BCUT2D eigenvalue weighted by molar-refractivity contribution is -0.116. The van der Waals surface area contributed by atoms with E-state index in [1.165, 1.54) is 4.90 Å². The standard InChI is InChI=1S/C20H21N5O3/c26-17(23-14-12-21-20(22-13-14)24-9-3-4-10-24)8-5-11-25-18(27)15-6-1-2-7-16(15)19(25)28/h1-2,6-7,12-13H,3-5,8-11H2,(H,23,26). The second kappa shape index (κ2) is 7.75. The van der Waals surface area contributed by atoms with Crippen molar-refractivity contribution in [2.75, 3.05) is 29.9 Å². The molecular formula is C20H21N5O3. The van der Waals surface area contributed by atoms with Gasteiger partial charge in [-0.2, -0.15) is 0 Å². The topological polar surface area (TPSA) is 95.5 Å². The molecule has 28 heavy (non-hydrogen) atoms. The first-order valence-electron chi connectivity index (χ1n) is 9.45. The number of anilines is 2. The Hall–Kier alpha value is -3.29. The summed E-state index contributed by atoms with van der Waals surface area (Å²) >= 11 is 0. The number of aromatic nitrogens is 2. The molecule has 144 valence electrons. The highest BCUT2D eigenvalue weighted by atomic mass is 16.2. The van der Waals surface area contributed by atoms with E-state index in [-0.39, 0.29) is 30.7 Å². The molecule has 8 heteroatoms. The van der Waals surface area contributed by atoms with Crippen LogP contribution in [0.2, 0.25) is 0 Å². The SMILES string of the molecule is O=C(CCCN1C(=O)c2ccccc2C1=O)Nc1cnc(N2CCCC2)nc1. The van der Waals surface area contributed by atoms with Crippen LogP contribution in [0.15, 0.2) is 36.7 Å². The van der Waals surface area contributed by atoms with E-state index < -0.39 is 0 Å². The zero-order chi connectivity index (χ0) is 19.5. The van der Waals surface area contributed by atoms with Crippen LogP contribution in [0.1, 0.15) is 46.4 Å². The van der Waals surface area contributed by atoms with Crippen molar-refractivity contribution in [1.82, 2.24) is 14.9 Å². The van der Waals surface area contributed by atoms with Gasteiger partial charge in [-0.15, -0.1) is 0 Å². The van der Waals surface area contributed by atoms with Crippen LogP contribution < -0.4 is 10.2 Å². The smallest absolute Gasteiger partial charge is 0.261 e. The largest absolute Gasteiger partial charge is 0.341 e. The molecule has 2 aliphatic rings. The number of carbonyl (C=O) groups is 3. The summed E-state index contributed by atoms with van der Waals surface area (Å²) in [7, 11) is 0. The fraction of sp³-hybridized carbons (Fsp3) is 0.350. The number of hydrogen-bond donors (Lipinski definition) is 1. The first-order valence-corrected chi connectivity index (χ1v) is 9.45. The maximum absolute atomic E-state index is 12.3. The molecule has 0 saturated carbocycles. The van der Waals surface area contributed by atoms with E-state index in [1.807, 2.05) is 0 Å². The van der Waals surface area contributed by atoms with Gasteiger partial charge in [0.2, 0.25) is 11.9 Å². The molecule has 3 heterocycles. The average molecular weight is 379 g/mol. The van der Waals surface area contributed by atoms with Gasteiger partial charge < -0.3 is 10.2 Å². The number of hydrogen-bond acceptors (Lipinski definition) is 6. The number of benzene rings is 1. The van der Waals surface area contributed by atoms with Crippen LogP contribution in [0.4, 0.5) is 11.6 Å². The average Bonchev–Trinajstić information content (AvgIpc) is 3.32. The predicted molar refractivity (Wildman–Crippen MR) is 103 cm³/mol. The summed E-state index contributed by atoms with van der Waals surface area (Å²) in [5.41, 5.74) is 1.38. The maximum atomic E-state index is 12.3. The highest BCUT2D eigenvalue weighted by molar-refractivity contribution is 6.21. The third-order valence-electron chi connectivity index (χ3n) is 4.97. The minimum atomic E-state index is -0.299. The van der Waals surface area contributed by atoms with Gasteiger partial charge in [-0.25, -0.2) is 9.97 Å². The Morgan fingerprint density at radius 3 is 2.21 bits per heavy atom. The van der Waals surface area contributed by atoms with Crippen LogP contribution in [-0.2, 0) is 4.79 Å². The third-order valence-corrected chi connectivity index (χ3v) is 4.97. The van der Waals surface area contributed by atoms with Crippen molar-refractivity contribution in [1.29, 1.82) is 0 Å². The normalized spacial score (nSPS) is 15.9. The Morgan fingerprint density at radius 1 is 1.00 bits per heavy atom. The summed E-state index contributed by atoms with van der Waals surface area (Å²) in [4.78, 5) is 48.7. The fourth-order valence-electron chi connectivity index (χ4n) is 3.53. The second-order valence-corrected chi connectivity index (χ2v) is 6.93. The molecule has 2 aliphatic heterocycles. The molecule has 0 radical (unpaired) electrons. The van der Waals surface area contributed by atoms with Crippen molar-refractivity contribution in [2.45, 2.75) is 25.7 Å². The molecule has 1 fully saturated rings. The number of nitrogens with one attached hydrogen (secondary N) is 1. The molecule has 1 aromatic carbocycles. The third kappa shape index (κ3) is 3.58. The van der Waals surface area contributed by atoms with Crippen LogP contribution in [0, 0.1) is 0 Å². The quantitative estimate of drug-likeness (QED) is 0.772. The fourth-order valence-corrected chi connectivity index (χ4v) is 3.53. The number of fused-ring (bicyclic) bond motifs is 1. The highest BCUT2D eigenvalue weighted by Gasteiger charge is 2.34. The van der Waals surface area contributed by atoms with E-state index in [1.54, 1.807) is 36.7 Å². The molecule has 8 nitrogen and oxygen atoms in total. The zero-order valence-electron chi connectivity index (χ0n) is 15.4. The van der Waals surface area contributed by atoms with Gasteiger partial charge in [0.15, 0.2) is 0 Å². The minimum Gasteiger partial charge on any atom is -0.341 e. The van der Waals surface area contributed by atoms with Gasteiger partial charge in [0, 0.05) is 26.1 Å². The zero-order valence-corrected chi connectivity index (χ0v) is 15.4. The lowest BCUT2D eigenvalue weighted by Gasteiger charge is -2.15. The van der Waals surface area contributed by atoms with E-state index in [9.17, 15) is 14.4 Å². The van der Waals surface area contributed by atoms with Crippen LogP contribution in [0.3, 0.4) is 0 Å². The molecule has 1 aromatic heterocycles. The van der Waals surface area contributed by atoms with Gasteiger partial charge in [0.1, 0.15) is 0 Å². The summed E-state index contributed by atoms with van der Waals surface area (Å²) in [5.74, 6) is -0.117. The number of rotatable bonds is 6. The molecule has 0 aliphatic carbocycles. The van der Waals surface area contributed by atoms with Gasteiger partial charge in [-0.05, 0) is 31.4 Å². The summed E-state index contributed by atoms with van der Waals surface area (Å²) in [6.45, 7) is 2.14. The Kier molecular flexibility index (Phi) is 5.01. The first-order chi connectivity index (χ1) is 13.6. The van der Waals surface area contributed by atoms with E-state index in [0.29, 0.717) is 29.2 Å². The summed E-state index contributed by atoms with van der Waals surface area (Å²) in [5, 5.41) is 2.75. The summed E-state index contributed by atoms with van der Waals surface area (Å²) < 4.78 is 0. The monoisotopic (exact) mass is 379 g/mol. The highest BCUT2D eigenvalue weighted by Crippen LogP contribution is 2.22. The van der Waals surface area contributed by atoms with Crippen LogP contribution >= 0.6 is 0 Å². The van der Waals surface area contributed by atoms with Crippen molar-refractivity contribution in [3.05, 3.63) is 47.8 Å². The molecule has 1 N–H and O–H groups in total. The molecule has 0 atom stereocenters. The van der Waals surface area contributed by atoms with Gasteiger partial charge >= 0.3 is 0 Å². The van der Waals surface area contributed by atoms with Crippen LogP contribution in [-0.4, -0.2) is 52.2 Å². The number of nitrogens with zero attached hydrogens (tertiary/aromatic N) is 4. The van der Waals surface area contributed by atoms with Gasteiger partial charge in [0.05, 0.1) is 29.2 Å². The minimum absolute atomic E-state index is 0.196.